The maximum absolute atomic E-state index is 9.99. The van der Waals surface area contributed by atoms with Gasteiger partial charge in [-0.3, -0.25) is 0 Å². The van der Waals surface area contributed by atoms with Crippen LogP contribution < -0.4 is 4.74 Å². The summed E-state index contributed by atoms with van der Waals surface area (Å²) in [5.41, 5.74) is 2.22. The lowest BCUT2D eigenvalue weighted by atomic mass is 9.82. The van der Waals surface area contributed by atoms with Gasteiger partial charge in [0.15, 0.2) is 0 Å². The Morgan fingerprint density at radius 2 is 1.91 bits per heavy atom. The first kappa shape index (κ1) is 24.3. The van der Waals surface area contributed by atoms with Gasteiger partial charge in [0, 0.05) is 56.6 Å². The molecule has 1 aliphatic carbocycles. The highest BCUT2D eigenvalue weighted by Gasteiger charge is 2.34. The molecule has 1 aliphatic heterocycles. The zero-order valence-electron chi connectivity index (χ0n) is 20.9. The molecule has 7 heteroatoms. The monoisotopic (exact) mass is 456 g/mol. The minimum atomic E-state index is -0.184. The van der Waals surface area contributed by atoms with Crippen molar-refractivity contribution in [3.05, 3.63) is 23.8 Å². The molecule has 2 fully saturated rings. The fourth-order valence-corrected chi connectivity index (χ4v) is 5.30. The molecular weight excluding hydrogens is 416 g/mol. The van der Waals surface area contributed by atoms with Gasteiger partial charge in [-0.05, 0) is 64.8 Å². The van der Waals surface area contributed by atoms with E-state index in [9.17, 15) is 5.11 Å². The number of rotatable bonds is 7. The van der Waals surface area contributed by atoms with Crippen LogP contribution in [0.1, 0.15) is 76.6 Å². The number of hydrogen-bond donors (Lipinski definition) is 1. The van der Waals surface area contributed by atoms with Crippen molar-refractivity contribution in [1.82, 2.24) is 19.9 Å². The Hall–Kier alpha value is -1.83. The van der Waals surface area contributed by atoms with Gasteiger partial charge in [0.1, 0.15) is 11.9 Å². The third kappa shape index (κ3) is 5.64. The van der Waals surface area contributed by atoms with E-state index in [-0.39, 0.29) is 17.7 Å². The van der Waals surface area contributed by atoms with Crippen molar-refractivity contribution < 1.29 is 14.6 Å². The Kier molecular flexibility index (Phi) is 7.51. The van der Waals surface area contributed by atoms with Gasteiger partial charge in [-0.2, -0.15) is 0 Å². The van der Waals surface area contributed by atoms with E-state index in [2.05, 4.69) is 37.7 Å². The van der Waals surface area contributed by atoms with Gasteiger partial charge >= 0.3 is 0 Å². The topological polar surface area (TPSA) is 80.6 Å². The first-order chi connectivity index (χ1) is 15.8. The molecule has 2 atom stereocenters. The molecule has 7 nitrogen and oxygen atoms in total. The Morgan fingerprint density at radius 3 is 2.61 bits per heavy atom. The molecule has 0 unspecified atom stereocenters. The van der Waals surface area contributed by atoms with E-state index in [1.165, 1.54) is 0 Å². The lowest BCUT2D eigenvalue weighted by Gasteiger charge is -2.43. The maximum atomic E-state index is 9.99. The van der Waals surface area contributed by atoms with E-state index in [4.69, 9.17) is 19.4 Å². The van der Waals surface area contributed by atoms with Gasteiger partial charge < -0.3 is 19.5 Å². The average Bonchev–Trinajstić information content (AvgIpc) is 2.77. The molecular formula is C26H40N4O3. The Labute approximate surface area is 197 Å². The van der Waals surface area contributed by atoms with Gasteiger partial charge in [0.25, 0.3) is 0 Å². The van der Waals surface area contributed by atoms with Crippen molar-refractivity contribution in [2.45, 2.75) is 89.4 Å². The standard InChI is InChI=1S/C26H40N4O3/c1-17(16-32-5)12-23-27-15-22-24(29-23)21(18-6-8-19(31)9-7-18)14-28-25(22)33-20-10-11-30(4)26(2,3)13-20/h14-15,17-20,31H,6-13,16H2,1-5H3/t17-,18?,19?,20+/m1/s1. The minimum absolute atomic E-state index is 0.1000. The molecule has 2 aromatic heterocycles. The lowest BCUT2D eigenvalue weighted by Crippen LogP contribution is -2.50. The lowest BCUT2D eigenvalue weighted by molar-refractivity contribution is 0.0247. The van der Waals surface area contributed by atoms with Crippen molar-refractivity contribution in [1.29, 1.82) is 0 Å². The predicted molar refractivity (Wildman–Crippen MR) is 130 cm³/mol. The summed E-state index contributed by atoms with van der Waals surface area (Å²) < 4.78 is 11.8. The van der Waals surface area contributed by atoms with E-state index in [0.29, 0.717) is 24.3 Å². The van der Waals surface area contributed by atoms with Gasteiger partial charge in [0.2, 0.25) is 5.88 Å². The van der Waals surface area contributed by atoms with Crippen LogP contribution in [0.3, 0.4) is 0 Å². The third-order valence-corrected chi connectivity index (χ3v) is 7.61. The quantitative estimate of drug-likeness (QED) is 0.671. The molecule has 1 saturated heterocycles. The van der Waals surface area contributed by atoms with Crippen LogP contribution in [-0.2, 0) is 11.2 Å². The number of ether oxygens (including phenoxy) is 2. The van der Waals surface area contributed by atoms with Gasteiger partial charge in [-0.15, -0.1) is 0 Å². The molecule has 4 rings (SSSR count). The summed E-state index contributed by atoms with van der Waals surface area (Å²) in [5.74, 6) is 2.19. The average molecular weight is 457 g/mol. The molecule has 33 heavy (non-hydrogen) atoms. The number of methoxy groups -OCH3 is 1. The van der Waals surface area contributed by atoms with E-state index in [1.54, 1.807) is 7.11 Å². The third-order valence-electron chi connectivity index (χ3n) is 7.61. The van der Waals surface area contributed by atoms with Crippen LogP contribution in [0.2, 0.25) is 0 Å². The molecule has 182 valence electrons. The number of nitrogens with zero attached hydrogens (tertiary/aromatic N) is 4. The van der Waals surface area contributed by atoms with E-state index < -0.39 is 0 Å². The SMILES string of the molecule is COC[C@H](C)Cc1ncc2c(O[C@H]3CCN(C)C(C)(C)C3)ncc(C3CCC(O)CC3)c2n1. The predicted octanol–water partition coefficient (Wildman–Crippen LogP) is 4.12. The minimum Gasteiger partial charge on any atom is -0.474 e. The second-order valence-corrected chi connectivity index (χ2v) is 10.8. The smallest absolute Gasteiger partial charge is 0.224 e. The van der Waals surface area contributed by atoms with Crippen molar-refractivity contribution in [2.75, 3.05) is 27.3 Å². The molecule has 0 spiro atoms. The second kappa shape index (κ2) is 10.2. The van der Waals surface area contributed by atoms with Gasteiger partial charge in [0.05, 0.1) is 17.0 Å². The van der Waals surface area contributed by atoms with Crippen LogP contribution >= 0.6 is 0 Å². The normalized spacial score (nSPS) is 26.9. The molecule has 0 amide bonds. The highest BCUT2D eigenvalue weighted by atomic mass is 16.5. The number of aromatic nitrogens is 3. The summed E-state index contributed by atoms with van der Waals surface area (Å²) in [6.45, 7) is 8.39. The summed E-state index contributed by atoms with van der Waals surface area (Å²) in [6, 6.07) is 0. The van der Waals surface area contributed by atoms with Crippen LogP contribution in [0.5, 0.6) is 5.88 Å². The van der Waals surface area contributed by atoms with Crippen molar-refractivity contribution >= 4 is 10.9 Å². The van der Waals surface area contributed by atoms with Crippen molar-refractivity contribution in [3.8, 4) is 5.88 Å². The van der Waals surface area contributed by atoms with Gasteiger partial charge in [-0.25, -0.2) is 15.0 Å². The van der Waals surface area contributed by atoms with Gasteiger partial charge in [-0.1, -0.05) is 6.92 Å². The number of likely N-dealkylation sites (tertiary alicyclic amines) is 1. The van der Waals surface area contributed by atoms with E-state index in [0.717, 1.165) is 73.8 Å². The number of hydrogen-bond acceptors (Lipinski definition) is 7. The van der Waals surface area contributed by atoms with Crippen LogP contribution in [0.25, 0.3) is 10.9 Å². The highest BCUT2D eigenvalue weighted by Crippen LogP contribution is 2.38. The largest absolute Gasteiger partial charge is 0.474 e. The molecule has 0 aromatic carbocycles. The first-order valence-electron chi connectivity index (χ1n) is 12.5. The number of aliphatic hydroxyl groups is 1. The Morgan fingerprint density at radius 1 is 1.15 bits per heavy atom. The van der Waals surface area contributed by atoms with Crippen LogP contribution in [-0.4, -0.2) is 70.0 Å². The Balaban J connectivity index is 1.66. The maximum Gasteiger partial charge on any atom is 0.224 e. The fourth-order valence-electron chi connectivity index (χ4n) is 5.30. The highest BCUT2D eigenvalue weighted by molar-refractivity contribution is 5.85. The fraction of sp³-hybridized carbons (Fsp3) is 0.731. The number of piperidine rings is 1. The van der Waals surface area contributed by atoms with E-state index in [1.807, 2.05) is 12.4 Å². The second-order valence-electron chi connectivity index (χ2n) is 10.8. The molecule has 2 aromatic rings. The summed E-state index contributed by atoms with van der Waals surface area (Å²) in [7, 11) is 3.91. The molecule has 0 radical (unpaired) electrons. The molecule has 0 bridgehead atoms. The van der Waals surface area contributed by atoms with Crippen LogP contribution in [0.15, 0.2) is 12.4 Å². The van der Waals surface area contributed by atoms with Crippen LogP contribution in [0, 0.1) is 5.92 Å². The first-order valence-corrected chi connectivity index (χ1v) is 12.5. The summed E-state index contributed by atoms with van der Waals surface area (Å²) in [5, 5.41) is 10.9. The van der Waals surface area contributed by atoms with E-state index >= 15 is 0 Å². The molecule has 2 aliphatic rings. The number of pyridine rings is 1. The zero-order valence-corrected chi connectivity index (χ0v) is 20.9. The number of aliphatic hydroxyl groups excluding tert-OH is 1. The Bertz CT molecular complexity index is 943. The molecule has 1 N–H and O–H groups in total. The summed E-state index contributed by atoms with van der Waals surface area (Å²) in [4.78, 5) is 16.9. The van der Waals surface area contributed by atoms with Crippen molar-refractivity contribution in [3.63, 3.8) is 0 Å². The number of fused-ring (bicyclic) bond motifs is 1. The van der Waals surface area contributed by atoms with Crippen LogP contribution in [0.4, 0.5) is 0 Å². The zero-order chi connectivity index (χ0) is 23.6. The summed E-state index contributed by atoms with van der Waals surface area (Å²) >= 11 is 0. The molecule has 3 heterocycles. The molecule has 1 saturated carbocycles. The summed E-state index contributed by atoms with van der Waals surface area (Å²) in [6.07, 6.45) is 10.1. The van der Waals surface area contributed by atoms with Crippen molar-refractivity contribution in [2.24, 2.45) is 5.92 Å².